The molecule has 5 rings (SSSR count). The molecule has 1 N–H and O–H groups in total. The van der Waals surface area contributed by atoms with Crippen LogP contribution >= 0.6 is 0 Å². The second-order valence-electron chi connectivity index (χ2n) is 9.91. The number of hydrogen-bond acceptors (Lipinski definition) is 5. The summed E-state index contributed by atoms with van der Waals surface area (Å²) in [6, 6.07) is 9.42. The number of carbonyl (C=O) groups is 2. The lowest BCUT2D eigenvalue weighted by Crippen LogP contribution is -2.36. The van der Waals surface area contributed by atoms with Crippen molar-refractivity contribution in [3.8, 4) is 5.75 Å². The Labute approximate surface area is 205 Å². The minimum Gasteiger partial charge on any atom is -0.489 e. The summed E-state index contributed by atoms with van der Waals surface area (Å²) in [5.74, 6) is 0.206. The van der Waals surface area contributed by atoms with Crippen molar-refractivity contribution >= 4 is 17.5 Å². The number of nitrogens with one attached hydrogen (secondary N) is 1. The zero-order valence-electron chi connectivity index (χ0n) is 20.7. The highest BCUT2D eigenvalue weighted by Crippen LogP contribution is 2.38. The second-order valence-corrected chi connectivity index (χ2v) is 9.91. The van der Waals surface area contributed by atoms with E-state index in [1.54, 1.807) is 4.40 Å². The number of esters is 1. The molecule has 0 unspecified atom stereocenters. The fourth-order valence-electron chi connectivity index (χ4n) is 5.65. The van der Waals surface area contributed by atoms with Gasteiger partial charge in [0.1, 0.15) is 5.69 Å². The number of ether oxygens (including phenoxy) is 2. The quantitative estimate of drug-likeness (QED) is 0.522. The molecule has 7 heteroatoms. The molecule has 35 heavy (non-hydrogen) atoms. The molecule has 0 bridgehead atoms. The lowest BCUT2D eigenvalue weighted by molar-refractivity contribution is -0.146. The predicted octanol–water partition coefficient (Wildman–Crippen LogP) is 4.73. The monoisotopic (exact) mass is 475 g/mol. The largest absolute Gasteiger partial charge is 0.489 e. The van der Waals surface area contributed by atoms with E-state index in [4.69, 9.17) is 9.47 Å². The molecule has 1 amide bonds. The Morgan fingerprint density at radius 2 is 1.94 bits per heavy atom. The van der Waals surface area contributed by atoms with Crippen molar-refractivity contribution in [3.05, 3.63) is 64.6 Å². The lowest BCUT2D eigenvalue weighted by Gasteiger charge is -2.21. The molecule has 1 aromatic carbocycles. The highest BCUT2D eigenvalue weighted by atomic mass is 16.5. The van der Waals surface area contributed by atoms with Gasteiger partial charge in [0, 0.05) is 6.20 Å². The topological polar surface area (TPSA) is 81.9 Å². The zero-order chi connectivity index (χ0) is 24.5. The molecule has 3 aromatic rings. The maximum Gasteiger partial charge on any atom is 0.311 e. The first-order chi connectivity index (χ1) is 17.0. The number of amides is 1. The van der Waals surface area contributed by atoms with Gasteiger partial charge in [0.2, 0.25) is 0 Å². The van der Waals surface area contributed by atoms with Crippen LogP contribution in [-0.4, -0.2) is 35.0 Å². The molecule has 184 valence electrons. The van der Waals surface area contributed by atoms with E-state index < -0.39 is 12.0 Å². The van der Waals surface area contributed by atoms with Gasteiger partial charge in [0.05, 0.1) is 31.4 Å². The number of rotatable bonds is 6. The zero-order valence-corrected chi connectivity index (χ0v) is 20.7. The van der Waals surface area contributed by atoms with Crippen LogP contribution in [-0.2, 0) is 16.0 Å². The Morgan fingerprint density at radius 3 is 2.71 bits per heavy atom. The van der Waals surface area contributed by atoms with Gasteiger partial charge >= 0.3 is 5.97 Å². The summed E-state index contributed by atoms with van der Waals surface area (Å²) in [6.07, 6.45) is 8.62. The summed E-state index contributed by atoms with van der Waals surface area (Å²) in [5, 5.41) is 3.12. The number of imidazole rings is 1. The highest BCUT2D eigenvalue weighted by Gasteiger charge is 2.39. The lowest BCUT2D eigenvalue weighted by atomic mass is 9.90. The summed E-state index contributed by atoms with van der Waals surface area (Å²) in [5.41, 5.74) is 4.86. The first-order valence-electron chi connectivity index (χ1n) is 12.5. The van der Waals surface area contributed by atoms with Crippen molar-refractivity contribution in [3.63, 3.8) is 0 Å². The van der Waals surface area contributed by atoms with E-state index in [1.165, 1.54) is 39.2 Å². The van der Waals surface area contributed by atoms with E-state index in [1.807, 2.05) is 44.3 Å². The Bertz CT molecular complexity index is 1260. The van der Waals surface area contributed by atoms with E-state index >= 15 is 0 Å². The number of methoxy groups -OCH3 is 1. The van der Waals surface area contributed by atoms with Crippen LogP contribution in [0.4, 0.5) is 0 Å². The average molecular weight is 476 g/mol. The number of aromatic nitrogens is 2. The third-order valence-electron chi connectivity index (χ3n) is 7.47. The third-order valence-corrected chi connectivity index (χ3v) is 7.47. The number of benzene rings is 1. The maximum absolute atomic E-state index is 13.6. The van der Waals surface area contributed by atoms with Crippen LogP contribution in [0, 0.1) is 25.7 Å². The highest BCUT2D eigenvalue weighted by molar-refractivity contribution is 5.95. The van der Waals surface area contributed by atoms with Gasteiger partial charge < -0.3 is 14.8 Å². The summed E-state index contributed by atoms with van der Waals surface area (Å²) >= 11 is 0. The number of carbonyl (C=O) groups excluding carboxylic acids is 2. The molecule has 2 aliphatic rings. The minimum atomic E-state index is -0.463. The molecule has 0 saturated heterocycles. The fraction of sp³-hybridized carbons (Fsp3) is 0.464. The first-order valence-corrected chi connectivity index (χ1v) is 12.5. The van der Waals surface area contributed by atoms with Crippen LogP contribution in [0.5, 0.6) is 5.75 Å². The number of aryl methyl sites for hydroxylation is 2. The van der Waals surface area contributed by atoms with Crippen LogP contribution < -0.4 is 10.1 Å². The molecular weight excluding hydrogens is 442 g/mol. The summed E-state index contributed by atoms with van der Waals surface area (Å²) in [7, 11) is 1.39. The molecular formula is C28H33N3O4. The first kappa shape index (κ1) is 23.4. The molecule has 2 atom stereocenters. The Hall–Kier alpha value is -3.35. The van der Waals surface area contributed by atoms with Crippen molar-refractivity contribution in [2.24, 2.45) is 11.8 Å². The van der Waals surface area contributed by atoms with E-state index in [0.29, 0.717) is 41.7 Å². The van der Waals surface area contributed by atoms with Crippen LogP contribution in [0.25, 0.3) is 5.65 Å². The molecule has 2 heterocycles. The average Bonchev–Trinajstić information content (AvgIpc) is 3.39. The van der Waals surface area contributed by atoms with Crippen molar-refractivity contribution in [1.82, 2.24) is 14.7 Å². The second kappa shape index (κ2) is 9.72. The summed E-state index contributed by atoms with van der Waals surface area (Å²) in [4.78, 5) is 30.8. The fourth-order valence-corrected chi connectivity index (χ4v) is 5.65. The maximum atomic E-state index is 13.6. The van der Waals surface area contributed by atoms with Gasteiger partial charge in [-0.3, -0.25) is 14.0 Å². The normalized spacial score (nSPS) is 20.0. The van der Waals surface area contributed by atoms with Gasteiger partial charge in [-0.05, 0) is 62.3 Å². The molecule has 1 saturated carbocycles. The van der Waals surface area contributed by atoms with E-state index in [-0.39, 0.29) is 11.9 Å². The summed E-state index contributed by atoms with van der Waals surface area (Å²) < 4.78 is 13.0. The van der Waals surface area contributed by atoms with E-state index in [0.717, 1.165) is 16.7 Å². The van der Waals surface area contributed by atoms with Crippen molar-refractivity contribution in [2.45, 2.75) is 58.4 Å². The SMILES string of the molecule is COC(=O)[C@@H]1Cc2cc(C)ccc2[C@H]1NC(=O)c1c(C)nc2c(OCC3CCCCC3)cccn12. The molecule has 2 aliphatic carbocycles. The molecule has 0 aliphatic heterocycles. The standard InChI is InChI=1S/C28H33N3O4/c1-17-11-12-21-20(14-17)15-22(28(33)34-3)24(21)30-27(32)25-18(2)29-26-23(10-7-13-31(25)26)35-16-19-8-5-4-6-9-19/h7,10-14,19,22,24H,4-6,8-9,15-16H2,1-3H3,(H,30,32)/t22-,24-/m1/s1. The Balaban J connectivity index is 1.41. The molecule has 0 spiro atoms. The van der Waals surface area contributed by atoms with Gasteiger partial charge in [-0.2, -0.15) is 0 Å². The van der Waals surface area contributed by atoms with Crippen LogP contribution in [0.3, 0.4) is 0 Å². The number of pyridine rings is 1. The van der Waals surface area contributed by atoms with Gasteiger partial charge in [-0.15, -0.1) is 0 Å². The van der Waals surface area contributed by atoms with Gasteiger partial charge in [0.15, 0.2) is 11.4 Å². The number of nitrogens with zero attached hydrogens (tertiary/aromatic N) is 2. The molecule has 1 fully saturated rings. The van der Waals surface area contributed by atoms with Crippen LogP contribution in [0.2, 0.25) is 0 Å². The smallest absolute Gasteiger partial charge is 0.311 e. The van der Waals surface area contributed by atoms with Gasteiger partial charge in [-0.25, -0.2) is 4.98 Å². The van der Waals surface area contributed by atoms with Crippen molar-refractivity contribution in [1.29, 1.82) is 0 Å². The van der Waals surface area contributed by atoms with E-state index in [9.17, 15) is 9.59 Å². The van der Waals surface area contributed by atoms with Crippen molar-refractivity contribution in [2.75, 3.05) is 13.7 Å². The van der Waals surface area contributed by atoms with Crippen LogP contribution in [0.1, 0.15) is 71.0 Å². The third kappa shape index (κ3) is 4.51. The molecule has 7 nitrogen and oxygen atoms in total. The number of fused-ring (bicyclic) bond motifs is 2. The van der Waals surface area contributed by atoms with Gasteiger partial charge in [0.25, 0.3) is 5.91 Å². The van der Waals surface area contributed by atoms with Gasteiger partial charge in [-0.1, -0.05) is 43.0 Å². The summed E-state index contributed by atoms with van der Waals surface area (Å²) in [6.45, 7) is 4.53. The minimum absolute atomic E-state index is 0.272. The Morgan fingerprint density at radius 1 is 1.14 bits per heavy atom. The predicted molar refractivity (Wildman–Crippen MR) is 133 cm³/mol. The van der Waals surface area contributed by atoms with Crippen molar-refractivity contribution < 1.29 is 19.1 Å². The number of hydrogen-bond donors (Lipinski definition) is 1. The Kier molecular flexibility index (Phi) is 6.50. The molecule has 2 aromatic heterocycles. The van der Waals surface area contributed by atoms with Crippen LogP contribution in [0.15, 0.2) is 36.5 Å². The molecule has 0 radical (unpaired) electrons. The van der Waals surface area contributed by atoms with E-state index in [2.05, 4.69) is 16.4 Å².